The highest BCUT2D eigenvalue weighted by molar-refractivity contribution is 6.05. The van der Waals surface area contributed by atoms with Gasteiger partial charge < -0.3 is 21.3 Å². The molecule has 202 valence electrons. The average Bonchev–Trinajstić information content (AvgIpc) is 2.92. The first-order valence-electron chi connectivity index (χ1n) is 12.7. The number of hydrogen-bond acceptors (Lipinski definition) is 6. The van der Waals surface area contributed by atoms with Gasteiger partial charge in [-0.15, -0.1) is 0 Å². The first-order chi connectivity index (χ1) is 19.3. The molecular weight excluding hydrogens is 510 g/mol. The van der Waals surface area contributed by atoms with Crippen LogP contribution in [-0.4, -0.2) is 34.9 Å². The van der Waals surface area contributed by atoms with E-state index in [-0.39, 0.29) is 11.9 Å². The quantitative estimate of drug-likeness (QED) is 0.221. The van der Waals surface area contributed by atoms with E-state index in [1.165, 1.54) is 12.1 Å². The highest BCUT2D eigenvalue weighted by atomic mass is 19.1. The summed E-state index contributed by atoms with van der Waals surface area (Å²) in [6.07, 6.45) is 0. The Morgan fingerprint density at radius 1 is 0.900 bits per heavy atom. The zero-order valence-electron chi connectivity index (χ0n) is 22.1. The van der Waals surface area contributed by atoms with Gasteiger partial charge in [0.15, 0.2) is 0 Å². The van der Waals surface area contributed by atoms with E-state index in [2.05, 4.69) is 20.6 Å². The van der Waals surface area contributed by atoms with Crippen molar-refractivity contribution in [3.63, 3.8) is 0 Å². The Hall–Kier alpha value is -4.73. The molecule has 7 nitrogen and oxygen atoms in total. The summed E-state index contributed by atoms with van der Waals surface area (Å²) in [4.78, 5) is 24.2. The number of nitrogens with zero attached hydrogens (tertiary/aromatic N) is 3. The van der Waals surface area contributed by atoms with Gasteiger partial charge in [-0.2, -0.15) is 0 Å². The molecule has 0 saturated carbocycles. The number of halogens is 2. The van der Waals surface area contributed by atoms with E-state index in [4.69, 9.17) is 5.73 Å². The van der Waals surface area contributed by atoms with Gasteiger partial charge in [-0.1, -0.05) is 30.3 Å². The molecule has 0 atom stereocenters. The summed E-state index contributed by atoms with van der Waals surface area (Å²) < 4.78 is 27.9. The van der Waals surface area contributed by atoms with Gasteiger partial charge in [0.1, 0.15) is 11.6 Å². The Labute approximate surface area is 230 Å². The van der Waals surface area contributed by atoms with Crippen LogP contribution in [0, 0.1) is 11.6 Å². The maximum absolute atomic E-state index is 14.0. The maximum Gasteiger partial charge on any atom is 0.255 e. The van der Waals surface area contributed by atoms with Gasteiger partial charge >= 0.3 is 0 Å². The third kappa shape index (κ3) is 6.12. The number of aromatic nitrogens is 2. The van der Waals surface area contributed by atoms with Crippen LogP contribution in [-0.2, 0) is 13.1 Å². The Balaban J connectivity index is 1.38. The standard InChI is InChI=1S/C31H28F2N6O/c1-39(2)18-19-7-8-21(17-34)28(13-19)36-30(40)20-9-11-25(12-10-20)35-31-37-27-6-4-3-5-26(27)29(38-31)22-14-23(32)16-24(33)15-22/h3-16H,17-18,34H2,1-2H3,(H,36,40)(H,35,37,38). The van der Waals surface area contributed by atoms with E-state index in [1.807, 2.05) is 49.3 Å². The summed E-state index contributed by atoms with van der Waals surface area (Å²) in [5.74, 6) is -1.39. The predicted molar refractivity (Wildman–Crippen MR) is 154 cm³/mol. The third-order valence-corrected chi connectivity index (χ3v) is 6.28. The molecular formula is C31H28F2N6O. The van der Waals surface area contributed by atoms with Crippen molar-refractivity contribution >= 4 is 34.1 Å². The molecule has 0 aliphatic heterocycles. The van der Waals surface area contributed by atoms with Crippen LogP contribution < -0.4 is 16.4 Å². The first kappa shape index (κ1) is 26.9. The van der Waals surface area contributed by atoms with Gasteiger partial charge in [-0.05, 0) is 73.8 Å². The second kappa shape index (κ2) is 11.6. The van der Waals surface area contributed by atoms with Crippen LogP contribution >= 0.6 is 0 Å². The number of anilines is 3. The van der Waals surface area contributed by atoms with Crippen LogP contribution in [0.1, 0.15) is 21.5 Å². The molecule has 1 amide bonds. The molecule has 1 heterocycles. The van der Waals surface area contributed by atoms with Gasteiger partial charge in [-0.3, -0.25) is 4.79 Å². The first-order valence-corrected chi connectivity index (χ1v) is 12.7. The minimum Gasteiger partial charge on any atom is -0.326 e. The molecule has 9 heteroatoms. The fourth-order valence-corrected chi connectivity index (χ4v) is 4.45. The van der Waals surface area contributed by atoms with Crippen molar-refractivity contribution in [1.82, 2.24) is 14.9 Å². The van der Waals surface area contributed by atoms with E-state index in [0.717, 1.165) is 23.7 Å². The van der Waals surface area contributed by atoms with E-state index in [0.29, 0.717) is 45.6 Å². The fourth-order valence-electron chi connectivity index (χ4n) is 4.45. The number of carbonyl (C=O) groups excluding carboxylic acids is 1. The van der Waals surface area contributed by atoms with E-state index in [9.17, 15) is 13.6 Å². The third-order valence-electron chi connectivity index (χ3n) is 6.28. The highest BCUT2D eigenvalue weighted by Gasteiger charge is 2.14. The SMILES string of the molecule is CN(C)Cc1ccc(CN)c(NC(=O)c2ccc(Nc3nc(-c4cc(F)cc(F)c4)c4ccccc4n3)cc2)c1. The molecule has 4 N–H and O–H groups in total. The Kier molecular flexibility index (Phi) is 7.77. The fraction of sp³-hybridized carbons (Fsp3) is 0.129. The lowest BCUT2D eigenvalue weighted by molar-refractivity contribution is 0.102. The van der Waals surface area contributed by atoms with E-state index in [1.54, 1.807) is 36.4 Å². The zero-order valence-corrected chi connectivity index (χ0v) is 22.1. The number of benzene rings is 4. The minimum atomic E-state index is -0.691. The molecule has 0 saturated heterocycles. The number of para-hydroxylation sites is 1. The zero-order chi connectivity index (χ0) is 28.2. The number of nitrogens with one attached hydrogen (secondary N) is 2. The topological polar surface area (TPSA) is 96.2 Å². The number of nitrogens with two attached hydrogens (primary N) is 1. The minimum absolute atomic E-state index is 0.251. The van der Waals surface area contributed by atoms with Crippen molar-refractivity contribution in [2.45, 2.75) is 13.1 Å². The van der Waals surface area contributed by atoms with Gasteiger partial charge in [-0.25, -0.2) is 18.7 Å². The summed E-state index contributed by atoms with van der Waals surface area (Å²) in [5.41, 5.74) is 10.9. The summed E-state index contributed by atoms with van der Waals surface area (Å²) in [6, 6.07) is 23.3. The second-order valence-electron chi connectivity index (χ2n) is 9.66. The molecule has 0 aliphatic rings. The molecule has 0 radical (unpaired) electrons. The number of amides is 1. The molecule has 40 heavy (non-hydrogen) atoms. The van der Waals surface area contributed by atoms with Crippen LogP contribution in [0.15, 0.2) is 84.9 Å². The highest BCUT2D eigenvalue weighted by Crippen LogP contribution is 2.29. The Morgan fingerprint density at radius 3 is 2.33 bits per heavy atom. The molecule has 5 aromatic rings. The largest absolute Gasteiger partial charge is 0.326 e. The lowest BCUT2D eigenvalue weighted by Crippen LogP contribution is -2.16. The van der Waals surface area contributed by atoms with Gasteiger partial charge in [0, 0.05) is 47.0 Å². The van der Waals surface area contributed by atoms with Gasteiger partial charge in [0.2, 0.25) is 5.95 Å². The Bertz CT molecular complexity index is 1670. The van der Waals surface area contributed by atoms with Crippen LogP contribution in [0.2, 0.25) is 0 Å². The van der Waals surface area contributed by atoms with Crippen LogP contribution in [0.4, 0.5) is 26.1 Å². The van der Waals surface area contributed by atoms with Crippen molar-refractivity contribution in [2.75, 3.05) is 24.7 Å². The van der Waals surface area contributed by atoms with Gasteiger partial charge in [0.25, 0.3) is 5.91 Å². The predicted octanol–water partition coefficient (Wildman–Crippen LogP) is 6.09. The summed E-state index contributed by atoms with van der Waals surface area (Å²) in [7, 11) is 3.96. The Morgan fingerprint density at radius 2 is 1.62 bits per heavy atom. The molecule has 1 aromatic heterocycles. The monoisotopic (exact) mass is 538 g/mol. The lowest BCUT2D eigenvalue weighted by atomic mass is 10.1. The van der Waals surface area contributed by atoms with Crippen LogP contribution in [0.25, 0.3) is 22.2 Å². The van der Waals surface area contributed by atoms with Crippen LogP contribution in [0.5, 0.6) is 0 Å². The van der Waals surface area contributed by atoms with Crippen molar-refractivity contribution in [2.24, 2.45) is 5.73 Å². The van der Waals surface area contributed by atoms with Crippen molar-refractivity contribution in [1.29, 1.82) is 0 Å². The molecule has 4 aromatic carbocycles. The lowest BCUT2D eigenvalue weighted by Gasteiger charge is -2.15. The normalized spacial score (nSPS) is 11.2. The summed E-state index contributed by atoms with van der Waals surface area (Å²) >= 11 is 0. The van der Waals surface area contributed by atoms with Crippen molar-refractivity contribution < 1.29 is 13.6 Å². The molecule has 0 spiro atoms. The molecule has 5 rings (SSSR count). The van der Waals surface area contributed by atoms with Crippen molar-refractivity contribution in [3.8, 4) is 11.3 Å². The second-order valence-corrected chi connectivity index (χ2v) is 9.66. The van der Waals surface area contributed by atoms with Crippen molar-refractivity contribution in [3.05, 3.63) is 113 Å². The van der Waals surface area contributed by atoms with Gasteiger partial charge in [0.05, 0.1) is 11.2 Å². The summed E-state index contributed by atoms with van der Waals surface area (Å²) in [6.45, 7) is 1.04. The molecule has 0 unspecified atom stereocenters. The molecule has 0 aliphatic carbocycles. The van der Waals surface area contributed by atoms with Crippen LogP contribution in [0.3, 0.4) is 0 Å². The average molecular weight is 539 g/mol. The number of carbonyl (C=O) groups is 1. The number of rotatable bonds is 8. The van der Waals surface area contributed by atoms with E-state index >= 15 is 0 Å². The molecule has 0 fully saturated rings. The smallest absolute Gasteiger partial charge is 0.255 e. The summed E-state index contributed by atoms with van der Waals surface area (Å²) in [5, 5.41) is 6.77. The number of fused-ring (bicyclic) bond motifs is 1. The van der Waals surface area contributed by atoms with E-state index < -0.39 is 11.6 Å². The maximum atomic E-state index is 14.0. The molecule has 0 bridgehead atoms. The number of hydrogen-bond donors (Lipinski definition) is 3.